The fourth-order valence-electron chi connectivity index (χ4n) is 2.71. The lowest BCUT2D eigenvalue weighted by molar-refractivity contribution is 0.318. The van der Waals surface area contributed by atoms with Crippen LogP contribution in [-0.4, -0.2) is 19.1 Å². The van der Waals surface area contributed by atoms with Crippen LogP contribution in [0.1, 0.15) is 45.6 Å². The Bertz CT molecular complexity index is 427. The third-order valence-electron chi connectivity index (χ3n) is 4.21. The standard InChI is InChI=1S/C17H27FN2/c1-4-20(12-14-7-5-8-14)17-10-6-9-16(18)15(17)11-19-13(2)3/h6,9-10,13-14,19H,4-5,7-8,11-12H2,1-3H3. The maximum atomic E-state index is 14.2. The fraction of sp³-hybridized carbons (Fsp3) is 0.647. The van der Waals surface area contributed by atoms with Crippen molar-refractivity contribution >= 4 is 5.69 Å². The van der Waals surface area contributed by atoms with Crippen LogP contribution in [0.15, 0.2) is 18.2 Å². The Labute approximate surface area is 122 Å². The van der Waals surface area contributed by atoms with Gasteiger partial charge in [-0.25, -0.2) is 4.39 Å². The molecule has 0 saturated heterocycles. The summed E-state index contributed by atoms with van der Waals surface area (Å²) in [6.07, 6.45) is 4.00. The molecule has 0 amide bonds. The summed E-state index contributed by atoms with van der Waals surface area (Å²) in [7, 11) is 0. The first-order valence-electron chi connectivity index (χ1n) is 7.87. The molecule has 1 aromatic rings. The smallest absolute Gasteiger partial charge is 0.129 e. The molecule has 20 heavy (non-hydrogen) atoms. The zero-order valence-electron chi connectivity index (χ0n) is 13.0. The summed E-state index contributed by atoms with van der Waals surface area (Å²) in [5, 5.41) is 3.34. The van der Waals surface area contributed by atoms with Gasteiger partial charge in [0.25, 0.3) is 0 Å². The summed E-state index contributed by atoms with van der Waals surface area (Å²) in [4.78, 5) is 2.34. The van der Waals surface area contributed by atoms with E-state index in [0.717, 1.165) is 30.3 Å². The third kappa shape index (κ3) is 3.72. The van der Waals surface area contributed by atoms with Crippen molar-refractivity contribution in [3.63, 3.8) is 0 Å². The van der Waals surface area contributed by atoms with Crippen LogP contribution in [-0.2, 0) is 6.54 Å². The van der Waals surface area contributed by atoms with Gasteiger partial charge in [0, 0.05) is 36.9 Å². The van der Waals surface area contributed by atoms with Gasteiger partial charge in [-0.2, -0.15) is 0 Å². The summed E-state index contributed by atoms with van der Waals surface area (Å²) in [6.45, 7) is 8.94. The number of nitrogens with zero attached hydrogens (tertiary/aromatic N) is 1. The molecule has 0 unspecified atom stereocenters. The first-order chi connectivity index (χ1) is 9.61. The lowest BCUT2D eigenvalue weighted by Gasteiger charge is -2.34. The van der Waals surface area contributed by atoms with Gasteiger partial charge in [-0.3, -0.25) is 0 Å². The molecular formula is C17H27FN2. The van der Waals surface area contributed by atoms with E-state index in [1.165, 1.54) is 19.3 Å². The summed E-state index contributed by atoms with van der Waals surface area (Å²) in [5.74, 6) is 0.701. The molecule has 1 saturated carbocycles. The highest BCUT2D eigenvalue weighted by molar-refractivity contribution is 5.54. The van der Waals surface area contributed by atoms with Gasteiger partial charge in [0.15, 0.2) is 0 Å². The number of rotatable bonds is 7. The van der Waals surface area contributed by atoms with Crippen LogP contribution >= 0.6 is 0 Å². The maximum Gasteiger partial charge on any atom is 0.129 e. The summed E-state index contributed by atoms with van der Waals surface area (Å²) < 4.78 is 14.2. The van der Waals surface area contributed by atoms with Gasteiger partial charge in [-0.15, -0.1) is 0 Å². The Kier molecular flexibility index (Phi) is 5.41. The molecule has 0 radical (unpaired) electrons. The van der Waals surface area contributed by atoms with E-state index in [2.05, 4.69) is 37.1 Å². The Hall–Kier alpha value is -1.09. The van der Waals surface area contributed by atoms with Crippen molar-refractivity contribution in [1.29, 1.82) is 0 Å². The van der Waals surface area contributed by atoms with E-state index in [4.69, 9.17) is 0 Å². The van der Waals surface area contributed by atoms with Crippen LogP contribution in [0, 0.1) is 11.7 Å². The molecule has 1 aliphatic rings. The highest BCUT2D eigenvalue weighted by Gasteiger charge is 2.22. The molecular weight excluding hydrogens is 251 g/mol. The second kappa shape index (κ2) is 7.07. The largest absolute Gasteiger partial charge is 0.371 e. The molecule has 0 aromatic heterocycles. The van der Waals surface area contributed by atoms with E-state index in [1.807, 2.05) is 6.07 Å². The van der Waals surface area contributed by atoms with Crippen molar-refractivity contribution in [3.8, 4) is 0 Å². The molecule has 1 N–H and O–H groups in total. The number of nitrogens with one attached hydrogen (secondary N) is 1. The Balaban J connectivity index is 2.16. The Morgan fingerprint density at radius 3 is 2.65 bits per heavy atom. The molecule has 0 heterocycles. The number of benzene rings is 1. The lowest BCUT2D eigenvalue weighted by Crippen LogP contribution is -2.34. The molecule has 1 aromatic carbocycles. The zero-order chi connectivity index (χ0) is 14.5. The van der Waals surface area contributed by atoms with Gasteiger partial charge in [0.2, 0.25) is 0 Å². The van der Waals surface area contributed by atoms with E-state index in [-0.39, 0.29) is 5.82 Å². The molecule has 112 valence electrons. The zero-order valence-corrected chi connectivity index (χ0v) is 13.0. The number of hydrogen-bond acceptors (Lipinski definition) is 2. The normalized spacial score (nSPS) is 15.4. The average Bonchev–Trinajstić information content (AvgIpc) is 2.36. The van der Waals surface area contributed by atoms with Gasteiger partial charge in [-0.1, -0.05) is 26.3 Å². The van der Waals surface area contributed by atoms with Crippen molar-refractivity contribution < 1.29 is 4.39 Å². The van der Waals surface area contributed by atoms with Gasteiger partial charge < -0.3 is 10.2 Å². The van der Waals surface area contributed by atoms with Crippen LogP contribution < -0.4 is 10.2 Å². The Morgan fingerprint density at radius 1 is 1.35 bits per heavy atom. The van der Waals surface area contributed by atoms with Crippen LogP contribution in [0.5, 0.6) is 0 Å². The summed E-state index contributed by atoms with van der Waals surface area (Å²) >= 11 is 0. The molecule has 2 nitrogen and oxygen atoms in total. The first-order valence-corrected chi connectivity index (χ1v) is 7.87. The minimum Gasteiger partial charge on any atom is -0.371 e. The first kappa shape index (κ1) is 15.3. The highest BCUT2D eigenvalue weighted by atomic mass is 19.1. The van der Waals surface area contributed by atoms with E-state index in [1.54, 1.807) is 6.07 Å². The number of halogens is 1. The SMILES string of the molecule is CCN(CC1CCC1)c1cccc(F)c1CNC(C)C. The molecule has 0 aliphatic heterocycles. The monoisotopic (exact) mass is 278 g/mol. The molecule has 0 atom stereocenters. The predicted octanol–water partition coefficient (Wildman–Crippen LogP) is 3.95. The lowest BCUT2D eigenvalue weighted by atomic mass is 9.85. The van der Waals surface area contributed by atoms with Crippen LogP contribution in [0.25, 0.3) is 0 Å². The molecule has 0 bridgehead atoms. The van der Waals surface area contributed by atoms with Crippen molar-refractivity contribution in [2.75, 3.05) is 18.0 Å². The predicted molar refractivity (Wildman–Crippen MR) is 83.6 cm³/mol. The minimum atomic E-state index is -0.0947. The van der Waals surface area contributed by atoms with Crippen molar-refractivity contribution in [2.24, 2.45) is 5.92 Å². The Morgan fingerprint density at radius 2 is 2.10 bits per heavy atom. The summed E-state index contributed by atoms with van der Waals surface area (Å²) in [5.41, 5.74) is 1.87. The number of anilines is 1. The van der Waals surface area contributed by atoms with E-state index >= 15 is 0 Å². The maximum absolute atomic E-state index is 14.2. The topological polar surface area (TPSA) is 15.3 Å². The van der Waals surface area contributed by atoms with Crippen molar-refractivity contribution in [3.05, 3.63) is 29.6 Å². The summed E-state index contributed by atoms with van der Waals surface area (Å²) in [6, 6.07) is 5.82. The second-order valence-corrected chi connectivity index (χ2v) is 6.11. The van der Waals surface area contributed by atoms with Gasteiger partial charge in [0.1, 0.15) is 5.82 Å². The van der Waals surface area contributed by atoms with E-state index < -0.39 is 0 Å². The third-order valence-corrected chi connectivity index (χ3v) is 4.21. The quantitative estimate of drug-likeness (QED) is 0.812. The minimum absolute atomic E-state index is 0.0947. The van der Waals surface area contributed by atoms with E-state index in [9.17, 15) is 4.39 Å². The van der Waals surface area contributed by atoms with Crippen LogP contribution in [0.4, 0.5) is 10.1 Å². The average molecular weight is 278 g/mol. The molecule has 2 rings (SSSR count). The van der Waals surface area contributed by atoms with E-state index in [0.29, 0.717) is 12.6 Å². The van der Waals surface area contributed by atoms with Gasteiger partial charge in [-0.05, 0) is 37.8 Å². The van der Waals surface area contributed by atoms with Crippen molar-refractivity contribution in [1.82, 2.24) is 5.32 Å². The van der Waals surface area contributed by atoms with Gasteiger partial charge >= 0.3 is 0 Å². The molecule has 1 fully saturated rings. The highest BCUT2D eigenvalue weighted by Crippen LogP contribution is 2.30. The van der Waals surface area contributed by atoms with Crippen LogP contribution in [0.2, 0.25) is 0 Å². The molecule has 1 aliphatic carbocycles. The fourth-order valence-corrected chi connectivity index (χ4v) is 2.71. The second-order valence-electron chi connectivity index (χ2n) is 6.11. The number of hydrogen-bond donors (Lipinski definition) is 1. The molecule has 3 heteroatoms. The van der Waals surface area contributed by atoms with Crippen LogP contribution in [0.3, 0.4) is 0 Å². The molecule has 0 spiro atoms. The van der Waals surface area contributed by atoms with Gasteiger partial charge in [0.05, 0.1) is 0 Å². The van der Waals surface area contributed by atoms with Crippen molar-refractivity contribution in [2.45, 2.75) is 52.6 Å².